The normalized spacial score (nSPS) is 30.6. The van der Waals surface area contributed by atoms with Crippen LogP contribution in [0.5, 0.6) is 0 Å². The van der Waals surface area contributed by atoms with E-state index in [-0.39, 0.29) is 5.79 Å². The summed E-state index contributed by atoms with van der Waals surface area (Å²) >= 11 is 0. The first-order valence-electron chi connectivity index (χ1n) is 5.88. The molecule has 0 bridgehead atoms. The Morgan fingerprint density at radius 2 is 2.07 bits per heavy atom. The molecule has 0 spiro atoms. The molecule has 2 rings (SSSR count). The number of rotatable bonds is 4. The molecule has 0 aromatic heterocycles. The summed E-state index contributed by atoms with van der Waals surface area (Å²) in [5, 5.41) is 3.49. The highest BCUT2D eigenvalue weighted by Gasteiger charge is 2.30. The van der Waals surface area contributed by atoms with Crippen LogP contribution in [0.15, 0.2) is 0 Å². The molecule has 2 heterocycles. The molecular weight excluding hydrogens is 194 g/mol. The molecule has 2 aliphatic heterocycles. The highest BCUT2D eigenvalue weighted by molar-refractivity contribution is 4.74. The second-order valence-electron chi connectivity index (χ2n) is 4.45. The Balaban J connectivity index is 1.61. The molecule has 0 radical (unpaired) electrons. The molecule has 2 aliphatic rings. The van der Waals surface area contributed by atoms with Gasteiger partial charge in [-0.2, -0.15) is 0 Å². The van der Waals surface area contributed by atoms with Crippen LogP contribution in [0.3, 0.4) is 0 Å². The van der Waals surface area contributed by atoms with Gasteiger partial charge in [0, 0.05) is 25.6 Å². The molecule has 2 saturated heterocycles. The SMILES string of the molecule is CC1(CCNC2CCCOC2)OCCO1. The van der Waals surface area contributed by atoms with Gasteiger partial charge in [0.1, 0.15) is 0 Å². The third-order valence-electron chi connectivity index (χ3n) is 3.07. The van der Waals surface area contributed by atoms with E-state index in [1.165, 1.54) is 12.8 Å². The van der Waals surface area contributed by atoms with E-state index in [1.54, 1.807) is 0 Å². The lowest BCUT2D eigenvalue weighted by Gasteiger charge is -2.26. The minimum Gasteiger partial charge on any atom is -0.380 e. The minimum absolute atomic E-state index is 0.359. The van der Waals surface area contributed by atoms with Crippen LogP contribution in [-0.2, 0) is 14.2 Å². The van der Waals surface area contributed by atoms with Crippen molar-refractivity contribution >= 4 is 0 Å². The molecule has 1 atom stereocenters. The molecule has 4 heteroatoms. The number of hydrogen-bond donors (Lipinski definition) is 1. The van der Waals surface area contributed by atoms with Crippen molar-refractivity contribution in [1.29, 1.82) is 0 Å². The van der Waals surface area contributed by atoms with Crippen molar-refractivity contribution < 1.29 is 14.2 Å². The van der Waals surface area contributed by atoms with Crippen molar-refractivity contribution in [3.8, 4) is 0 Å². The molecule has 1 unspecified atom stereocenters. The molecule has 1 N–H and O–H groups in total. The van der Waals surface area contributed by atoms with Crippen LogP contribution in [0.2, 0.25) is 0 Å². The molecule has 0 aliphatic carbocycles. The summed E-state index contributed by atoms with van der Waals surface area (Å²) in [5.74, 6) is -0.359. The summed E-state index contributed by atoms with van der Waals surface area (Å²) in [7, 11) is 0. The van der Waals surface area contributed by atoms with Gasteiger partial charge in [-0.15, -0.1) is 0 Å². The lowest BCUT2D eigenvalue weighted by Crippen LogP contribution is -2.40. The van der Waals surface area contributed by atoms with Gasteiger partial charge in [-0.3, -0.25) is 0 Å². The van der Waals surface area contributed by atoms with Gasteiger partial charge in [0.25, 0.3) is 0 Å². The monoisotopic (exact) mass is 215 g/mol. The van der Waals surface area contributed by atoms with E-state index < -0.39 is 0 Å². The Kier molecular flexibility index (Phi) is 3.97. The van der Waals surface area contributed by atoms with Crippen LogP contribution in [0.4, 0.5) is 0 Å². The largest absolute Gasteiger partial charge is 0.380 e. The third-order valence-corrected chi connectivity index (χ3v) is 3.07. The lowest BCUT2D eigenvalue weighted by molar-refractivity contribution is -0.146. The zero-order valence-corrected chi connectivity index (χ0v) is 9.46. The molecule has 4 nitrogen and oxygen atoms in total. The van der Waals surface area contributed by atoms with Gasteiger partial charge in [0.05, 0.1) is 19.8 Å². The quantitative estimate of drug-likeness (QED) is 0.756. The summed E-state index contributed by atoms with van der Waals surface area (Å²) in [5.41, 5.74) is 0. The van der Waals surface area contributed by atoms with Gasteiger partial charge in [0.15, 0.2) is 5.79 Å². The number of hydrogen-bond acceptors (Lipinski definition) is 4. The van der Waals surface area contributed by atoms with Gasteiger partial charge in [-0.1, -0.05) is 0 Å². The van der Waals surface area contributed by atoms with Crippen molar-refractivity contribution in [2.24, 2.45) is 0 Å². The average Bonchev–Trinajstić information content (AvgIpc) is 2.67. The fourth-order valence-corrected chi connectivity index (χ4v) is 2.11. The number of nitrogens with one attached hydrogen (secondary N) is 1. The lowest BCUT2D eigenvalue weighted by atomic mass is 10.1. The Morgan fingerprint density at radius 1 is 1.27 bits per heavy atom. The molecule has 0 aromatic carbocycles. The average molecular weight is 215 g/mol. The van der Waals surface area contributed by atoms with Gasteiger partial charge in [0.2, 0.25) is 0 Å². The van der Waals surface area contributed by atoms with E-state index in [1.807, 2.05) is 6.92 Å². The summed E-state index contributed by atoms with van der Waals surface area (Å²) in [6.07, 6.45) is 3.30. The maximum atomic E-state index is 5.54. The van der Waals surface area contributed by atoms with E-state index in [0.29, 0.717) is 6.04 Å². The topological polar surface area (TPSA) is 39.7 Å². The molecule has 0 amide bonds. The van der Waals surface area contributed by atoms with Crippen LogP contribution in [0, 0.1) is 0 Å². The first-order valence-corrected chi connectivity index (χ1v) is 5.88. The predicted molar refractivity (Wildman–Crippen MR) is 56.8 cm³/mol. The van der Waals surface area contributed by atoms with Crippen LogP contribution < -0.4 is 5.32 Å². The molecular formula is C11H21NO3. The maximum Gasteiger partial charge on any atom is 0.166 e. The van der Waals surface area contributed by atoms with Gasteiger partial charge in [-0.25, -0.2) is 0 Å². The fourth-order valence-electron chi connectivity index (χ4n) is 2.11. The smallest absolute Gasteiger partial charge is 0.166 e. The summed E-state index contributed by atoms with van der Waals surface area (Å²) in [6, 6.07) is 0.517. The molecule has 88 valence electrons. The Morgan fingerprint density at radius 3 is 2.73 bits per heavy atom. The molecule has 2 fully saturated rings. The van der Waals surface area contributed by atoms with E-state index >= 15 is 0 Å². The highest BCUT2D eigenvalue weighted by Crippen LogP contribution is 2.21. The van der Waals surface area contributed by atoms with Crippen LogP contribution >= 0.6 is 0 Å². The summed E-state index contributed by atoms with van der Waals surface area (Å²) in [6.45, 7) is 6.16. The van der Waals surface area contributed by atoms with E-state index in [0.717, 1.165) is 39.4 Å². The third kappa shape index (κ3) is 3.41. The summed E-state index contributed by atoms with van der Waals surface area (Å²) in [4.78, 5) is 0. The fraction of sp³-hybridized carbons (Fsp3) is 1.00. The maximum absolute atomic E-state index is 5.54. The van der Waals surface area contributed by atoms with Gasteiger partial charge >= 0.3 is 0 Å². The first kappa shape index (κ1) is 11.3. The van der Waals surface area contributed by atoms with Gasteiger partial charge in [-0.05, 0) is 19.8 Å². The zero-order valence-electron chi connectivity index (χ0n) is 9.46. The standard InChI is InChI=1S/C11H21NO3/c1-11(14-7-8-15-11)4-5-12-10-3-2-6-13-9-10/h10,12H,2-9H2,1H3. The Labute approximate surface area is 91.3 Å². The van der Waals surface area contributed by atoms with Crippen molar-refractivity contribution in [2.75, 3.05) is 33.0 Å². The van der Waals surface area contributed by atoms with Crippen molar-refractivity contribution in [1.82, 2.24) is 5.32 Å². The second-order valence-corrected chi connectivity index (χ2v) is 4.45. The van der Waals surface area contributed by atoms with Crippen LogP contribution in [0.1, 0.15) is 26.2 Å². The number of ether oxygens (including phenoxy) is 3. The van der Waals surface area contributed by atoms with E-state index in [4.69, 9.17) is 14.2 Å². The second kappa shape index (κ2) is 5.25. The Hall–Kier alpha value is -0.160. The zero-order chi connectivity index (χ0) is 10.6. The van der Waals surface area contributed by atoms with Crippen molar-refractivity contribution in [3.05, 3.63) is 0 Å². The molecule has 0 aromatic rings. The summed E-state index contributed by atoms with van der Waals surface area (Å²) < 4.78 is 16.5. The predicted octanol–water partition coefficient (Wildman–Crippen LogP) is 0.908. The van der Waals surface area contributed by atoms with Crippen LogP contribution in [-0.4, -0.2) is 44.8 Å². The van der Waals surface area contributed by atoms with Gasteiger partial charge < -0.3 is 19.5 Å². The first-order chi connectivity index (χ1) is 7.29. The van der Waals surface area contributed by atoms with Crippen LogP contribution in [0.25, 0.3) is 0 Å². The van der Waals surface area contributed by atoms with Crippen molar-refractivity contribution in [3.63, 3.8) is 0 Å². The van der Waals surface area contributed by atoms with E-state index in [2.05, 4.69) is 5.32 Å². The molecule has 15 heavy (non-hydrogen) atoms. The van der Waals surface area contributed by atoms with E-state index in [9.17, 15) is 0 Å². The minimum atomic E-state index is -0.359. The Bertz CT molecular complexity index is 186. The van der Waals surface area contributed by atoms with Crippen molar-refractivity contribution in [2.45, 2.75) is 38.0 Å². The highest BCUT2D eigenvalue weighted by atomic mass is 16.7. The molecule has 0 saturated carbocycles.